The van der Waals surface area contributed by atoms with E-state index in [9.17, 15) is 4.79 Å². The van der Waals surface area contributed by atoms with Crippen molar-refractivity contribution in [3.05, 3.63) is 46.3 Å². The van der Waals surface area contributed by atoms with Gasteiger partial charge in [0.1, 0.15) is 5.75 Å². The lowest BCUT2D eigenvalue weighted by molar-refractivity contribution is -0.134. The Morgan fingerprint density at radius 1 is 1.19 bits per heavy atom. The molecule has 0 fully saturated rings. The van der Waals surface area contributed by atoms with Crippen LogP contribution in [0.5, 0.6) is 5.75 Å². The largest absolute Gasteiger partial charge is 0.483 e. The summed E-state index contributed by atoms with van der Waals surface area (Å²) >= 11 is 0. The van der Waals surface area contributed by atoms with Gasteiger partial charge in [-0.1, -0.05) is 12.1 Å². The van der Waals surface area contributed by atoms with Crippen LogP contribution in [0.1, 0.15) is 48.7 Å². The van der Waals surface area contributed by atoms with Gasteiger partial charge >= 0.3 is 0 Å². The first-order valence-electron chi connectivity index (χ1n) is 9.22. The Hall–Kier alpha value is -2.30. The van der Waals surface area contributed by atoms with Crippen LogP contribution >= 0.6 is 0 Å². The molecule has 140 valence electrons. The minimum atomic E-state index is -0.0386. The van der Waals surface area contributed by atoms with Gasteiger partial charge in [-0.15, -0.1) is 0 Å². The van der Waals surface area contributed by atoms with Crippen LogP contribution in [0.3, 0.4) is 0 Å². The number of benzene rings is 1. The Kier molecular flexibility index (Phi) is 4.82. The van der Waals surface area contributed by atoms with Crippen LogP contribution in [0, 0.1) is 20.8 Å². The van der Waals surface area contributed by atoms with Crippen LogP contribution in [0.4, 0.5) is 0 Å². The molecule has 0 saturated carbocycles. The Bertz CT molecular complexity index is 831. The SMILES string of the molecule is Cc1ccc(C)c(OCC(=O)N2CCc3c(cnn3C(C)(C)C)C2)c1C. The summed E-state index contributed by atoms with van der Waals surface area (Å²) in [5.41, 5.74) is 5.69. The van der Waals surface area contributed by atoms with Crippen LogP contribution in [0.2, 0.25) is 0 Å². The second kappa shape index (κ2) is 6.78. The van der Waals surface area contributed by atoms with Crippen LogP contribution in [0.15, 0.2) is 18.3 Å². The fourth-order valence-corrected chi connectivity index (χ4v) is 3.50. The molecule has 5 heteroatoms. The van der Waals surface area contributed by atoms with Gasteiger partial charge in [-0.05, 0) is 58.2 Å². The van der Waals surface area contributed by atoms with Crippen molar-refractivity contribution >= 4 is 5.91 Å². The molecule has 1 aliphatic heterocycles. The molecular formula is C21H29N3O2. The summed E-state index contributed by atoms with van der Waals surface area (Å²) in [6.07, 6.45) is 2.73. The van der Waals surface area contributed by atoms with Crippen molar-refractivity contribution < 1.29 is 9.53 Å². The van der Waals surface area contributed by atoms with Crippen molar-refractivity contribution in [2.24, 2.45) is 0 Å². The first-order valence-corrected chi connectivity index (χ1v) is 9.22. The maximum atomic E-state index is 12.7. The van der Waals surface area contributed by atoms with E-state index in [0.717, 1.165) is 28.9 Å². The normalized spacial score (nSPS) is 14.3. The van der Waals surface area contributed by atoms with Gasteiger partial charge in [0.15, 0.2) is 6.61 Å². The molecule has 1 amide bonds. The molecule has 0 bridgehead atoms. The third-order valence-electron chi connectivity index (χ3n) is 5.14. The second-order valence-electron chi connectivity index (χ2n) is 8.21. The molecule has 3 rings (SSSR count). The number of carbonyl (C=O) groups excluding carboxylic acids is 1. The van der Waals surface area contributed by atoms with Crippen LogP contribution in [0.25, 0.3) is 0 Å². The molecule has 5 nitrogen and oxygen atoms in total. The summed E-state index contributed by atoms with van der Waals surface area (Å²) in [4.78, 5) is 14.5. The zero-order valence-electron chi connectivity index (χ0n) is 16.7. The molecule has 0 aliphatic carbocycles. The van der Waals surface area contributed by atoms with Gasteiger partial charge in [-0.25, -0.2) is 0 Å². The van der Waals surface area contributed by atoms with E-state index in [4.69, 9.17) is 4.74 Å². The fraction of sp³-hybridized carbons (Fsp3) is 0.524. The lowest BCUT2D eigenvalue weighted by Gasteiger charge is -2.30. The van der Waals surface area contributed by atoms with E-state index in [1.807, 2.05) is 31.0 Å². The predicted molar refractivity (Wildman–Crippen MR) is 102 cm³/mol. The number of carbonyl (C=O) groups is 1. The first-order chi connectivity index (χ1) is 12.2. The predicted octanol–water partition coefficient (Wildman–Crippen LogP) is 3.53. The summed E-state index contributed by atoms with van der Waals surface area (Å²) < 4.78 is 7.98. The van der Waals surface area contributed by atoms with E-state index < -0.39 is 0 Å². The molecule has 0 saturated heterocycles. The molecule has 0 unspecified atom stereocenters. The quantitative estimate of drug-likeness (QED) is 0.846. The van der Waals surface area contributed by atoms with Crippen molar-refractivity contribution in [1.29, 1.82) is 0 Å². The van der Waals surface area contributed by atoms with E-state index in [1.165, 1.54) is 11.3 Å². The van der Waals surface area contributed by atoms with E-state index in [1.54, 1.807) is 0 Å². The zero-order valence-corrected chi connectivity index (χ0v) is 16.7. The van der Waals surface area contributed by atoms with Crippen LogP contribution in [-0.4, -0.2) is 33.7 Å². The van der Waals surface area contributed by atoms with E-state index in [-0.39, 0.29) is 18.1 Å². The fourth-order valence-electron chi connectivity index (χ4n) is 3.50. The zero-order chi connectivity index (χ0) is 19.1. The monoisotopic (exact) mass is 355 g/mol. The lowest BCUT2D eigenvalue weighted by atomic mass is 10.0. The van der Waals surface area contributed by atoms with Crippen molar-refractivity contribution in [1.82, 2.24) is 14.7 Å². The summed E-state index contributed by atoms with van der Waals surface area (Å²) in [6.45, 7) is 14.0. The Morgan fingerprint density at radius 3 is 2.58 bits per heavy atom. The molecule has 0 radical (unpaired) electrons. The number of nitrogens with zero attached hydrogens (tertiary/aromatic N) is 3. The number of rotatable bonds is 3. The Labute approximate surface area is 156 Å². The molecule has 0 atom stereocenters. The standard InChI is InChI=1S/C21H29N3O2/c1-14-7-8-15(2)20(16(14)3)26-13-19(25)23-10-9-18-17(12-23)11-22-24(18)21(4,5)6/h7-8,11H,9-10,12-13H2,1-6H3. The van der Waals surface area contributed by atoms with Gasteiger partial charge in [-0.3, -0.25) is 9.48 Å². The molecular weight excluding hydrogens is 326 g/mol. The smallest absolute Gasteiger partial charge is 0.260 e. The average Bonchev–Trinajstić information content (AvgIpc) is 3.01. The molecule has 2 aromatic rings. The summed E-state index contributed by atoms with van der Waals surface area (Å²) in [5, 5.41) is 4.54. The topological polar surface area (TPSA) is 47.4 Å². The van der Waals surface area contributed by atoms with Crippen LogP contribution < -0.4 is 4.74 Å². The van der Waals surface area contributed by atoms with Crippen LogP contribution in [-0.2, 0) is 23.3 Å². The Balaban J connectivity index is 1.68. The summed E-state index contributed by atoms with van der Waals surface area (Å²) in [6, 6.07) is 4.12. The highest BCUT2D eigenvalue weighted by molar-refractivity contribution is 5.78. The van der Waals surface area contributed by atoms with Gasteiger partial charge in [0.25, 0.3) is 5.91 Å². The van der Waals surface area contributed by atoms with Crippen molar-refractivity contribution in [3.63, 3.8) is 0 Å². The van der Waals surface area contributed by atoms with E-state index >= 15 is 0 Å². The third-order valence-corrected chi connectivity index (χ3v) is 5.14. The highest BCUT2D eigenvalue weighted by Crippen LogP contribution is 2.27. The number of amides is 1. The van der Waals surface area contributed by atoms with Gasteiger partial charge in [0, 0.05) is 30.8 Å². The van der Waals surface area contributed by atoms with Crippen molar-refractivity contribution in [2.75, 3.05) is 13.2 Å². The second-order valence-corrected chi connectivity index (χ2v) is 8.21. The molecule has 1 aromatic carbocycles. The maximum Gasteiger partial charge on any atom is 0.260 e. The maximum absolute atomic E-state index is 12.7. The molecule has 0 spiro atoms. The van der Waals surface area contributed by atoms with E-state index in [2.05, 4.69) is 43.5 Å². The third kappa shape index (κ3) is 3.48. The minimum absolute atomic E-state index is 0.0273. The average molecular weight is 355 g/mol. The summed E-state index contributed by atoms with van der Waals surface area (Å²) in [7, 11) is 0. The summed E-state index contributed by atoms with van der Waals surface area (Å²) in [5.74, 6) is 0.857. The lowest BCUT2D eigenvalue weighted by Crippen LogP contribution is -2.40. The van der Waals surface area contributed by atoms with Crippen molar-refractivity contribution in [3.8, 4) is 5.75 Å². The minimum Gasteiger partial charge on any atom is -0.483 e. The number of aryl methyl sites for hydroxylation is 2. The molecule has 26 heavy (non-hydrogen) atoms. The highest BCUT2D eigenvalue weighted by atomic mass is 16.5. The number of aromatic nitrogens is 2. The highest BCUT2D eigenvalue weighted by Gasteiger charge is 2.27. The molecule has 1 aromatic heterocycles. The number of ether oxygens (including phenoxy) is 1. The van der Waals surface area contributed by atoms with Gasteiger partial charge < -0.3 is 9.64 Å². The van der Waals surface area contributed by atoms with E-state index in [0.29, 0.717) is 13.1 Å². The number of hydrogen-bond acceptors (Lipinski definition) is 3. The number of hydrogen-bond donors (Lipinski definition) is 0. The van der Waals surface area contributed by atoms with Gasteiger partial charge in [0.2, 0.25) is 0 Å². The van der Waals surface area contributed by atoms with Crippen molar-refractivity contribution in [2.45, 2.75) is 60.0 Å². The van der Waals surface area contributed by atoms with Gasteiger partial charge in [-0.2, -0.15) is 5.10 Å². The van der Waals surface area contributed by atoms with Gasteiger partial charge in [0.05, 0.1) is 11.7 Å². The first kappa shape index (κ1) is 18.5. The molecule has 0 N–H and O–H groups in total. The molecule has 1 aliphatic rings. The number of fused-ring (bicyclic) bond motifs is 1. The Morgan fingerprint density at radius 2 is 1.88 bits per heavy atom. The molecule has 2 heterocycles.